The van der Waals surface area contributed by atoms with Crippen LogP contribution in [0.2, 0.25) is 10.0 Å². The minimum atomic E-state index is -0.993. The Hall–Kier alpha value is -2.27. The zero-order valence-electron chi connectivity index (χ0n) is 17.1. The van der Waals surface area contributed by atoms with Gasteiger partial charge < -0.3 is 10.6 Å². The van der Waals surface area contributed by atoms with Crippen molar-refractivity contribution in [2.75, 3.05) is 11.9 Å². The van der Waals surface area contributed by atoms with Crippen molar-refractivity contribution in [1.82, 2.24) is 5.32 Å². The van der Waals surface area contributed by atoms with Gasteiger partial charge in [0.05, 0.1) is 5.41 Å². The maximum atomic E-state index is 14.0. The van der Waals surface area contributed by atoms with Gasteiger partial charge in [0.25, 0.3) is 0 Å². The van der Waals surface area contributed by atoms with Crippen molar-refractivity contribution < 1.29 is 9.59 Å². The second-order valence-corrected chi connectivity index (χ2v) is 9.96. The standard InChI is InChI=1S/C25H21Cl3N2O2/c26-16-5-1-3-14(9-16)20-12-23(31)29-13-21(15-4-2-6-17(27)10-15)25(20)19-8-7-18(28)11-22(19)30-24(25)32/h1-8,10-11,14,20-21H,9,12-13H2,(H,29,31)(H,30,32)/t14?,20-,21+,25-/m1/s1. The zero-order chi connectivity index (χ0) is 22.5. The van der Waals surface area contributed by atoms with E-state index in [2.05, 4.69) is 16.7 Å². The van der Waals surface area contributed by atoms with E-state index in [0.717, 1.165) is 11.1 Å². The number of halogens is 3. The molecular weight excluding hydrogens is 467 g/mol. The second-order valence-electron chi connectivity index (χ2n) is 8.60. The van der Waals surface area contributed by atoms with Gasteiger partial charge in [-0.3, -0.25) is 9.59 Å². The Labute approximate surface area is 201 Å². The lowest BCUT2D eigenvalue weighted by molar-refractivity contribution is -0.125. The molecule has 1 unspecified atom stereocenters. The summed E-state index contributed by atoms with van der Waals surface area (Å²) in [6.07, 6.45) is 6.63. The lowest BCUT2D eigenvalue weighted by Crippen LogP contribution is -2.50. The Morgan fingerprint density at radius 2 is 1.78 bits per heavy atom. The molecule has 0 bridgehead atoms. The molecule has 5 rings (SSSR count). The molecule has 0 radical (unpaired) electrons. The van der Waals surface area contributed by atoms with Crippen LogP contribution in [0.15, 0.2) is 65.7 Å². The summed E-state index contributed by atoms with van der Waals surface area (Å²) < 4.78 is 0. The van der Waals surface area contributed by atoms with Crippen molar-refractivity contribution in [3.8, 4) is 0 Å². The highest BCUT2D eigenvalue weighted by Gasteiger charge is 2.60. The molecular formula is C25H21Cl3N2O2. The van der Waals surface area contributed by atoms with Crippen LogP contribution in [0.1, 0.15) is 29.9 Å². The van der Waals surface area contributed by atoms with Gasteiger partial charge in [0.1, 0.15) is 0 Å². The second kappa shape index (κ2) is 8.26. The summed E-state index contributed by atoms with van der Waals surface area (Å²) in [7, 11) is 0. The molecule has 2 aromatic carbocycles. The molecule has 164 valence electrons. The number of carbonyl (C=O) groups is 2. The fourth-order valence-electron chi connectivity index (χ4n) is 5.64. The molecule has 4 nitrogen and oxygen atoms in total. The molecule has 0 aromatic heterocycles. The molecule has 2 N–H and O–H groups in total. The quantitative estimate of drug-likeness (QED) is 0.562. The number of hydrogen-bond donors (Lipinski definition) is 2. The van der Waals surface area contributed by atoms with Crippen LogP contribution in [0.3, 0.4) is 0 Å². The van der Waals surface area contributed by atoms with Gasteiger partial charge in [-0.15, -0.1) is 0 Å². The molecule has 1 spiro atoms. The molecule has 7 heteroatoms. The molecule has 1 fully saturated rings. The lowest BCUT2D eigenvalue weighted by Gasteiger charge is -2.43. The largest absolute Gasteiger partial charge is 0.355 e. The number of carbonyl (C=O) groups excluding carboxylic acids is 2. The van der Waals surface area contributed by atoms with Gasteiger partial charge in [0, 0.05) is 39.6 Å². The number of amides is 2. The van der Waals surface area contributed by atoms with E-state index in [0.29, 0.717) is 33.7 Å². The van der Waals surface area contributed by atoms with Crippen molar-refractivity contribution in [3.05, 3.63) is 86.9 Å². The first-order valence-corrected chi connectivity index (χ1v) is 11.7. The Morgan fingerprint density at radius 1 is 0.969 bits per heavy atom. The Balaban J connectivity index is 1.77. The summed E-state index contributed by atoms with van der Waals surface area (Å²) in [4.78, 5) is 26.9. The molecule has 3 aliphatic rings. The van der Waals surface area contributed by atoms with Crippen LogP contribution in [-0.2, 0) is 15.0 Å². The molecule has 2 aliphatic heterocycles. The van der Waals surface area contributed by atoms with Crippen LogP contribution >= 0.6 is 34.8 Å². The predicted molar refractivity (Wildman–Crippen MR) is 128 cm³/mol. The van der Waals surface area contributed by atoms with Crippen LogP contribution in [-0.4, -0.2) is 18.4 Å². The van der Waals surface area contributed by atoms with Crippen LogP contribution < -0.4 is 10.6 Å². The number of fused-ring (bicyclic) bond motifs is 2. The van der Waals surface area contributed by atoms with Crippen molar-refractivity contribution in [2.45, 2.75) is 24.2 Å². The molecule has 4 atom stereocenters. The van der Waals surface area contributed by atoms with Crippen LogP contribution in [0.4, 0.5) is 5.69 Å². The number of anilines is 1. The van der Waals surface area contributed by atoms with Crippen LogP contribution in [0.25, 0.3) is 0 Å². The van der Waals surface area contributed by atoms with E-state index in [1.165, 1.54) is 0 Å². The molecule has 32 heavy (non-hydrogen) atoms. The normalized spacial score (nSPS) is 29.2. The third kappa shape index (κ3) is 3.45. The number of rotatable bonds is 2. The average Bonchev–Trinajstić information content (AvgIpc) is 2.93. The van der Waals surface area contributed by atoms with Gasteiger partial charge in [-0.2, -0.15) is 0 Å². The van der Waals surface area contributed by atoms with Crippen LogP contribution in [0.5, 0.6) is 0 Å². The number of hydrogen-bond acceptors (Lipinski definition) is 2. The number of benzene rings is 2. The fourth-order valence-corrected chi connectivity index (χ4v) is 6.27. The van der Waals surface area contributed by atoms with Crippen molar-refractivity contribution >= 4 is 52.3 Å². The maximum absolute atomic E-state index is 14.0. The summed E-state index contributed by atoms with van der Waals surface area (Å²) >= 11 is 19.0. The SMILES string of the molecule is O=C1C[C@H](C2C=CC=C(Cl)C2)[C@@]2(C(=O)Nc3cc(Cl)ccc32)[C@H](c2cccc(Cl)c2)CN1. The van der Waals surface area contributed by atoms with E-state index in [-0.39, 0.29) is 36.0 Å². The Morgan fingerprint density at radius 3 is 2.56 bits per heavy atom. The van der Waals surface area contributed by atoms with Gasteiger partial charge in [-0.05, 0) is 59.7 Å². The maximum Gasteiger partial charge on any atom is 0.236 e. The van der Waals surface area contributed by atoms with Crippen molar-refractivity contribution in [1.29, 1.82) is 0 Å². The van der Waals surface area contributed by atoms with Gasteiger partial charge in [0.15, 0.2) is 0 Å². The summed E-state index contributed by atoms with van der Waals surface area (Å²) in [6, 6.07) is 13.0. The first-order valence-electron chi connectivity index (χ1n) is 10.6. The smallest absolute Gasteiger partial charge is 0.236 e. The van der Waals surface area contributed by atoms with E-state index < -0.39 is 5.41 Å². The van der Waals surface area contributed by atoms with Crippen molar-refractivity contribution in [2.24, 2.45) is 11.8 Å². The summed E-state index contributed by atoms with van der Waals surface area (Å²) in [5.74, 6) is -0.910. The van der Waals surface area contributed by atoms with E-state index in [9.17, 15) is 9.59 Å². The van der Waals surface area contributed by atoms with Gasteiger partial charge >= 0.3 is 0 Å². The van der Waals surface area contributed by atoms with E-state index in [1.54, 1.807) is 18.2 Å². The monoisotopic (exact) mass is 486 g/mol. The molecule has 2 amide bonds. The molecule has 0 saturated carbocycles. The summed E-state index contributed by atoms with van der Waals surface area (Å²) in [5, 5.41) is 7.96. The molecule has 2 heterocycles. The Kier molecular flexibility index (Phi) is 5.56. The fraction of sp³-hybridized carbons (Fsp3) is 0.280. The minimum absolute atomic E-state index is 0.0757. The lowest BCUT2D eigenvalue weighted by atomic mass is 9.56. The summed E-state index contributed by atoms with van der Waals surface area (Å²) in [5.41, 5.74) is 1.46. The van der Waals surface area contributed by atoms with E-state index in [1.807, 2.05) is 36.4 Å². The molecule has 1 aliphatic carbocycles. The first kappa shape index (κ1) is 21.6. The van der Waals surface area contributed by atoms with E-state index in [4.69, 9.17) is 34.8 Å². The third-order valence-electron chi connectivity index (χ3n) is 6.93. The predicted octanol–water partition coefficient (Wildman–Crippen LogP) is 5.80. The topological polar surface area (TPSA) is 58.2 Å². The van der Waals surface area contributed by atoms with Gasteiger partial charge in [-0.25, -0.2) is 0 Å². The first-order chi connectivity index (χ1) is 15.4. The van der Waals surface area contributed by atoms with E-state index >= 15 is 0 Å². The molecule has 1 saturated heterocycles. The highest BCUT2D eigenvalue weighted by molar-refractivity contribution is 6.31. The van der Waals surface area contributed by atoms with Crippen LogP contribution in [0, 0.1) is 11.8 Å². The third-order valence-corrected chi connectivity index (χ3v) is 7.68. The van der Waals surface area contributed by atoms with Gasteiger partial charge in [0.2, 0.25) is 11.8 Å². The van der Waals surface area contributed by atoms with Crippen molar-refractivity contribution in [3.63, 3.8) is 0 Å². The van der Waals surface area contributed by atoms with Gasteiger partial charge in [-0.1, -0.05) is 65.2 Å². The highest BCUT2D eigenvalue weighted by atomic mass is 35.5. The Bertz CT molecular complexity index is 1180. The minimum Gasteiger partial charge on any atom is -0.355 e. The summed E-state index contributed by atoms with van der Waals surface area (Å²) in [6.45, 7) is 0.325. The average molecular weight is 488 g/mol. The molecule has 2 aromatic rings. The zero-order valence-corrected chi connectivity index (χ0v) is 19.3. The number of nitrogens with one attached hydrogen (secondary N) is 2. The number of allylic oxidation sites excluding steroid dienone is 4. The highest BCUT2D eigenvalue weighted by Crippen LogP contribution is 2.57.